The summed E-state index contributed by atoms with van der Waals surface area (Å²) < 4.78 is 8.36. The van der Waals surface area contributed by atoms with E-state index in [0.717, 1.165) is 71.2 Å². The Morgan fingerprint density at radius 1 is 0.438 bits per heavy atom. The zero-order valence-corrected chi connectivity index (χ0v) is 25.6. The lowest BCUT2D eigenvalue weighted by molar-refractivity contribution is 0.668. The van der Waals surface area contributed by atoms with E-state index < -0.39 is 0 Å². The van der Waals surface area contributed by atoms with Crippen molar-refractivity contribution in [3.8, 4) is 39.9 Å². The van der Waals surface area contributed by atoms with E-state index in [1.165, 1.54) is 5.56 Å². The highest BCUT2D eigenvalue weighted by atomic mass is 16.3. The van der Waals surface area contributed by atoms with Gasteiger partial charge in [0.1, 0.15) is 11.2 Å². The first-order valence-corrected chi connectivity index (χ1v) is 15.9. The van der Waals surface area contributed by atoms with Gasteiger partial charge >= 0.3 is 0 Å². The van der Waals surface area contributed by atoms with Gasteiger partial charge in [-0.15, -0.1) is 0 Å². The Bertz CT molecular complexity index is 2800. The largest absolute Gasteiger partial charge is 0.456 e. The number of hydrogen-bond donors (Lipinski definition) is 0. The topological polar surface area (TPSA) is 69.6 Å². The van der Waals surface area contributed by atoms with Crippen LogP contribution >= 0.6 is 0 Å². The number of nitrogens with zero attached hydrogens (tertiary/aromatic N) is 5. The minimum Gasteiger partial charge on any atom is -0.456 e. The van der Waals surface area contributed by atoms with Gasteiger partial charge in [0.25, 0.3) is 0 Å². The lowest BCUT2D eigenvalue weighted by Crippen LogP contribution is -2.06. The Hall–Kier alpha value is -6.66. The molecule has 0 amide bonds. The third kappa shape index (κ3) is 4.20. The Morgan fingerprint density at radius 3 is 1.85 bits per heavy atom. The van der Waals surface area contributed by atoms with Crippen molar-refractivity contribution in [3.05, 3.63) is 152 Å². The van der Waals surface area contributed by atoms with E-state index in [0.29, 0.717) is 17.6 Å². The van der Waals surface area contributed by atoms with Crippen LogP contribution in [0, 0.1) is 0 Å². The molecule has 0 saturated carbocycles. The molecule has 0 fully saturated rings. The van der Waals surface area contributed by atoms with Crippen LogP contribution in [0.15, 0.2) is 156 Å². The SMILES string of the molecule is c1ccc(-c2ccc3ccc(-c4nc(-c5ccc6c(c5)oc5ccncc56)nc(-n5c6ccccc6c6ccccc65)n4)cc3c2)cc1. The Balaban J connectivity index is 1.21. The van der Waals surface area contributed by atoms with Crippen LogP contribution in [0.3, 0.4) is 0 Å². The summed E-state index contributed by atoms with van der Waals surface area (Å²) in [4.78, 5) is 19.7. The van der Waals surface area contributed by atoms with Gasteiger partial charge in [-0.05, 0) is 64.4 Å². The monoisotopic (exact) mass is 615 g/mol. The first-order valence-electron chi connectivity index (χ1n) is 15.9. The number of pyridine rings is 1. The summed E-state index contributed by atoms with van der Waals surface area (Å²) in [5, 5.41) is 6.54. The summed E-state index contributed by atoms with van der Waals surface area (Å²) in [5.74, 6) is 1.72. The molecule has 0 atom stereocenters. The van der Waals surface area contributed by atoms with Crippen molar-refractivity contribution in [1.29, 1.82) is 0 Å². The van der Waals surface area contributed by atoms with Gasteiger partial charge < -0.3 is 4.42 Å². The van der Waals surface area contributed by atoms with E-state index in [9.17, 15) is 0 Å². The molecular weight excluding hydrogens is 590 g/mol. The Labute approximate surface area is 274 Å². The zero-order chi connectivity index (χ0) is 31.6. The first-order chi connectivity index (χ1) is 23.8. The average Bonchev–Trinajstić information content (AvgIpc) is 3.70. The van der Waals surface area contributed by atoms with Crippen LogP contribution in [0.25, 0.3) is 94.4 Å². The molecule has 0 aliphatic rings. The van der Waals surface area contributed by atoms with Crippen LogP contribution in [0.4, 0.5) is 0 Å². The molecule has 0 aliphatic heterocycles. The van der Waals surface area contributed by atoms with Crippen molar-refractivity contribution in [2.24, 2.45) is 0 Å². The standard InChI is InChI=1S/C42H25N5O/c1-2-8-26(9-3-1)28-16-14-27-15-17-29(23-31(27)22-28)40-44-41(30-18-19-34-35-25-43-21-20-38(35)48-39(34)24-30)46-42(45-40)47-36-12-6-4-10-32(36)33-11-5-7-13-37(33)47/h1-25H. The second kappa shape index (κ2) is 10.4. The lowest BCUT2D eigenvalue weighted by Gasteiger charge is -2.11. The van der Waals surface area contributed by atoms with E-state index in [4.69, 9.17) is 19.4 Å². The lowest BCUT2D eigenvalue weighted by atomic mass is 10.00. The molecule has 6 heteroatoms. The summed E-state index contributed by atoms with van der Waals surface area (Å²) in [7, 11) is 0. The first kappa shape index (κ1) is 26.5. The Kier molecular flexibility index (Phi) is 5.77. The van der Waals surface area contributed by atoms with Crippen LogP contribution < -0.4 is 0 Å². The molecule has 0 saturated heterocycles. The predicted octanol–water partition coefficient (Wildman–Crippen LogP) is 10.4. The summed E-state index contributed by atoms with van der Waals surface area (Å²) in [6, 6.07) is 48.2. The fraction of sp³-hybridized carbons (Fsp3) is 0. The second-order valence-electron chi connectivity index (χ2n) is 12.0. The van der Waals surface area contributed by atoms with Gasteiger partial charge in [0.05, 0.1) is 11.0 Å². The highest BCUT2D eigenvalue weighted by Gasteiger charge is 2.18. The molecule has 0 radical (unpaired) electrons. The highest BCUT2D eigenvalue weighted by Crippen LogP contribution is 2.35. The average molecular weight is 616 g/mol. The minimum absolute atomic E-state index is 0.555. The zero-order valence-electron chi connectivity index (χ0n) is 25.6. The number of aromatic nitrogens is 5. The fourth-order valence-corrected chi connectivity index (χ4v) is 6.82. The van der Waals surface area contributed by atoms with Crippen molar-refractivity contribution in [1.82, 2.24) is 24.5 Å². The van der Waals surface area contributed by atoms with Crippen molar-refractivity contribution in [2.75, 3.05) is 0 Å². The molecule has 0 bridgehead atoms. The number of para-hydroxylation sites is 2. The van der Waals surface area contributed by atoms with Crippen molar-refractivity contribution in [2.45, 2.75) is 0 Å². The maximum Gasteiger partial charge on any atom is 0.238 e. The van der Waals surface area contributed by atoms with E-state index >= 15 is 0 Å². The van der Waals surface area contributed by atoms with Gasteiger partial charge in [-0.25, -0.2) is 4.98 Å². The van der Waals surface area contributed by atoms with Gasteiger partial charge in [-0.3, -0.25) is 9.55 Å². The molecule has 10 aromatic rings. The van der Waals surface area contributed by atoms with Gasteiger partial charge in [-0.2, -0.15) is 9.97 Å². The smallest absolute Gasteiger partial charge is 0.238 e. The third-order valence-corrected chi connectivity index (χ3v) is 9.14. The molecule has 6 nitrogen and oxygen atoms in total. The van der Waals surface area contributed by atoms with Crippen molar-refractivity contribution >= 4 is 54.5 Å². The molecule has 4 aromatic heterocycles. The molecule has 10 rings (SSSR count). The van der Waals surface area contributed by atoms with Gasteiger partial charge in [0.15, 0.2) is 11.6 Å². The van der Waals surface area contributed by atoms with E-state index in [1.54, 1.807) is 6.20 Å². The molecule has 6 aromatic carbocycles. The highest BCUT2D eigenvalue weighted by molar-refractivity contribution is 6.09. The minimum atomic E-state index is 0.555. The fourth-order valence-electron chi connectivity index (χ4n) is 6.82. The summed E-state index contributed by atoms with van der Waals surface area (Å²) in [6.45, 7) is 0. The number of benzene rings is 6. The van der Waals surface area contributed by atoms with Crippen LogP contribution in [0.1, 0.15) is 0 Å². The summed E-state index contributed by atoms with van der Waals surface area (Å²) in [5.41, 5.74) is 7.72. The van der Waals surface area contributed by atoms with Crippen LogP contribution in [-0.2, 0) is 0 Å². The van der Waals surface area contributed by atoms with Gasteiger partial charge in [-0.1, -0.05) is 97.1 Å². The normalized spacial score (nSPS) is 11.8. The molecule has 224 valence electrons. The second-order valence-corrected chi connectivity index (χ2v) is 12.0. The summed E-state index contributed by atoms with van der Waals surface area (Å²) in [6.07, 6.45) is 3.58. The molecule has 0 N–H and O–H groups in total. The van der Waals surface area contributed by atoms with Gasteiger partial charge in [0, 0.05) is 45.1 Å². The quantitative estimate of drug-likeness (QED) is 0.197. The number of fused-ring (bicyclic) bond motifs is 7. The van der Waals surface area contributed by atoms with Gasteiger partial charge in [0.2, 0.25) is 5.95 Å². The number of rotatable bonds is 4. The Morgan fingerprint density at radius 2 is 1.08 bits per heavy atom. The van der Waals surface area contributed by atoms with E-state index in [2.05, 4.69) is 125 Å². The number of furan rings is 1. The van der Waals surface area contributed by atoms with Crippen LogP contribution in [0.2, 0.25) is 0 Å². The molecular formula is C42H25N5O. The predicted molar refractivity (Wildman–Crippen MR) is 193 cm³/mol. The third-order valence-electron chi connectivity index (χ3n) is 9.14. The van der Waals surface area contributed by atoms with E-state index in [-0.39, 0.29) is 0 Å². The number of hydrogen-bond acceptors (Lipinski definition) is 5. The molecule has 0 aliphatic carbocycles. The maximum absolute atomic E-state index is 6.23. The molecule has 48 heavy (non-hydrogen) atoms. The molecule has 0 unspecified atom stereocenters. The summed E-state index contributed by atoms with van der Waals surface area (Å²) >= 11 is 0. The van der Waals surface area contributed by atoms with E-state index in [1.807, 2.05) is 30.5 Å². The van der Waals surface area contributed by atoms with Crippen molar-refractivity contribution < 1.29 is 4.42 Å². The molecule has 4 heterocycles. The van der Waals surface area contributed by atoms with Crippen LogP contribution in [-0.4, -0.2) is 24.5 Å². The molecule has 0 spiro atoms. The van der Waals surface area contributed by atoms with Crippen LogP contribution in [0.5, 0.6) is 0 Å². The van der Waals surface area contributed by atoms with Crippen molar-refractivity contribution in [3.63, 3.8) is 0 Å². The maximum atomic E-state index is 6.23.